The summed E-state index contributed by atoms with van der Waals surface area (Å²) in [5.74, 6) is 0. The van der Waals surface area contributed by atoms with Crippen molar-refractivity contribution < 1.29 is 0 Å². The normalized spacial score (nSPS) is 9.29. The summed E-state index contributed by atoms with van der Waals surface area (Å²) in [6.07, 6.45) is 0.941. The molecule has 0 saturated heterocycles. The van der Waals surface area contributed by atoms with Gasteiger partial charge in [-0.1, -0.05) is 24.3 Å². The summed E-state index contributed by atoms with van der Waals surface area (Å²) < 4.78 is 0. The second kappa shape index (κ2) is 7.67. The van der Waals surface area contributed by atoms with E-state index < -0.39 is 0 Å². The third kappa shape index (κ3) is 4.28. The topological polar surface area (TPSA) is 38.9 Å². The fourth-order valence-corrected chi connectivity index (χ4v) is 2.13. The average molecular weight is 291 g/mol. The Balaban J connectivity index is 0.00000128. The molecule has 1 heterocycles. The molecule has 2 nitrogen and oxygen atoms in total. The molecule has 0 amide bonds. The monoisotopic (exact) mass is 290 g/mol. The van der Waals surface area contributed by atoms with Crippen LogP contribution in [0.25, 0.3) is 11.3 Å². The molecule has 2 N–H and O–H groups in total. The minimum atomic E-state index is 0. The predicted octanol–water partition coefficient (Wildman–Crippen LogP) is 3.46. The molecule has 1 aromatic heterocycles. The Morgan fingerprint density at radius 3 is 2.29 bits per heavy atom. The number of hydrogen-bond acceptors (Lipinski definition) is 3. The van der Waals surface area contributed by atoms with Crippen LogP contribution in [0.2, 0.25) is 0 Å². The summed E-state index contributed by atoms with van der Waals surface area (Å²) in [5.41, 5.74) is 9.03. The van der Waals surface area contributed by atoms with E-state index >= 15 is 0 Å². The first kappa shape index (κ1) is 16.4. The lowest BCUT2D eigenvalue weighted by molar-refractivity contribution is 0.969. The fraction of sp³-hybridized carbons (Fsp3) is 0.250. The molecule has 0 aliphatic heterocycles. The highest BCUT2D eigenvalue weighted by Gasteiger charge is 2.01. The number of rotatable bonds is 3. The van der Waals surface area contributed by atoms with Crippen LogP contribution in [0, 0.1) is 6.92 Å². The maximum Gasteiger partial charge on any atom is 0.0901 e. The van der Waals surface area contributed by atoms with Crippen LogP contribution in [0.4, 0.5) is 0 Å². The lowest BCUT2D eigenvalue weighted by Gasteiger charge is -2.00. The minimum Gasteiger partial charge on any atom is -0.330 e. The Morgan fingerprint density at radius 1 is 1.18 bits per heavy atom. The summed E-state index contributed by atoms with van der Waals surface area (Å²) >= 11 is 1.68. The molecular formula is C12H16Cl2N2S. The number of nitrogens with zero attached hydrogens (tertiary/aromatic N) is 1. The molecule has 17 heavy (non-hydrogen) atoms. The molecule has 0 aliphatic carbocycles. The number of aromatic nitrogens is 1. The molecule has 0 spiro atoms. The predicted molar refractivity (Wildman–Crippen MR) is 79.5 cm³/mol. The quantitative estimate of drug-likeness (QED) is 0.940. The SMILES string of the molecule is Cc1nc(-c2ccc(CCN)cc2)cs1.Cl.Cl. The first-order valence-electron chi connectivity index (χ1n) is 5.01. The van der Waals surface area contributed by atoms with Gasteiger partial charge in [-0.3, -0.25) is 0 Å². The van der Waals surface area contributed by atoms with Crippen molar-refractivity contribution in [1.82, 2.24) is 4.98 Å². The third-order valence-corrected chi connectivity index (χ3v) is 3.08. The van der Waals surface area contributed by atoms with Crippen LogP contribution in [0.3, 0.4) is 0 Å². The number of aryl methyl sites for hydroxylation is 1. The summed E-state index contributed by atoms with van der Waals surface area (Å²) in [5, 5.41) is 3.20. The second-order valence-electron chi connectivity index (χ2n) is 3.49. The van der Waals surface area contributed by atoms with Crippen molar-refractivity contribution in [3.05, 3.63) is 40.2 Å². The zero-order valence-electron chi connectivity index (χ0n) is 9.55. The summed E-state index contributed by atoms with van der Waals surface area (Å²) in [4.78, 5) is 4.45. The van der Waals surface area contributed by atoms with Gasteiger partial charge in [0.1, 0.15) is 0 Å². The van der Waals surface area contributed by atoms with Crippen molar-refractivity contribution in [3.8, 4) is 11.3 Å². The Kier molecular flexibility index (Phi) is 7.39. The fourth-order valence-electron chi connectivity index (χ4n) is 1.50. The Labute approximate surface area is 118 Å². The van der Waals surface area contributed by atoms with Crippen LogP contribution < -0.4 is 5.73 Å². The van der Waals surface area contributed by atoms with Crippen molar-refractivity contribution in [2.75, 3.05) is 6.54 Å². The molecule has 0 radical (unpaired) electrons. The molecule has 0 unspecified atom stereocenters. The molecular weight excluding hydrogens is 275 g/mol. The number of halogens is 2. The zero-order chi connectivity index (χ0) is 10.7. The van der Waals surface area contributed by atoms with Crippen LogP contribution in [0.1, 0.15) is 10.6 Å². The number of hydrogen-bond donors (Lipinski definition) is 1. The molecule has 0 saturated carbocycles. The van der Waals surface area contributed by atoms with Crippen molar-refractivity contribution in [2.24, 2.45) is 5.73 Å². The van der Waals surface area contributed by atoms with E-state index in [1.54, 1.807) is 11.3 Å². The summed E-state index contributed by atoms with van der Waals surface area (Å²) in [7, 11) is 0. The lowest BCUT2D eigenvalue weighted by atomic mass is 10.1. The van der Waals surface area contributed by atoms with Crippen LogP contribution in [0.15, 0.2) is 29.6 Å². The first-order chi connectivity index (χ1) is 7.29. The Morgan fingerprint density at radius 2 is 1.82 bits per heavy atom. The zero-order valence-corrected chi connectivity index (χ0v) is 12.0. The van der Waals surface area contributed by atoms with E-state index in [0.29, 0.717) is 6.54 Å². The molecule has 0 aliphatic rings. The lowest BCUT2D eigenvalue weighted by Crippen LogP contribution is -2.02. The molecule has 5 heteroatoms. The second-order valence-corrected chi connectivity index (χ2v) is 4.55. The van der Waals surface area contributed by atoms with Crippen LogP contribution in [-0.4, -0.2) is 11.5 Å². The minimum absolute atomic E-state index is 0. The maximum absolute atomic E-state index is 5.50. The van der Waals surface area contributed by atoms with E-state index in [-0.39, 0.29) is 24.8 Å². The molecule has 0 atom stereocenters. The number of benzene rings is 1. The Bertz CT molecular complexity index is 440. The highest BCUT2D eigenvalue weighted by molar-refractivity contribution is 7.09. The van der Waals surface area contributed by atoms with Gasteiger partial charge in [0.25, 0.3) is 0 Å². The van der Waals surface area contributed by atoms with Crippen LogP contribution in [-0.2, 0) is 6.42 Å². The van der Waals surface area contributed by atoms with Crippen molar-refractivity contribution in [2.45, 2.75) is 13.3 Å². The standard InChI is InChI=1S/C12H14N2S.2ClH/c1-9-14-12(8-15-9)11-4-2-10(3-5-11)6-7-13;;/h2-5,8H,6-7,13H2,1H3;2*1H. The molecule has 2 rings (SSSR count). The van der Waals surface area contributed by atoms with E-state index in [4.69, 9.17) is 5.73 Å². The van der Waals surface area contributed by atoms with Gasteiger partial charge in [0, 0.05) is 10.9 Å². The first-order valence-corrected chi connectivity index (χ1v) is 5.89. The maximum atomic E-state index is 5.50. The van der Waals surface area contributed by atoms with Crippen molar-refractivity contribution in [1.29, 1.82) is 0 Å². The molecule has 94 valence electrons. The van der Waals surface area contributed by atoms with Gasteiger partial charge in [0.2, 0.25) is 0 Å². The average Bonchev–Trinajstić information content (AvgIpc) is 2.67. The van der Waals surface area contributed by atoms with Crippen molar-refractivity contribution >= 4 is 36.2 Å². The number of thiazole rings is 1. The Hall–Kier alpha value is -0.610. The largest absolute Gasteiger partial charge is 0.330 e. The van der Waals surface area contributed by atoms with E-state index in [1.165, 1.54) is 11.1 Å². The molecule has 1 aromatic carbocycles. The van der Waals surface area contributed by atoms with Gasteiger partial charge in [0.05, 0.1) is 10.7 Å². The van der Waals surface area contributed by atoms with Gasteiger partial charge in [-0.2, -0.15) is 0 Å². The van der Waals surface area contributed by atoms with Gasteiger partial charge < -0.3 is 5.73 Å². The van der Waals surface area contributed by atoms with Gasteiger partial charge in [-0.25, -0.2) is 4.98 Å². The van der Waals surface area contributed by atoms with Gasteiger partial charge >= 0.3 is 0 Å². The third-order valence-electron chi connectivity index (χ3n) is 2.30. The van der Waals surface area contributed by atoms with E-state index in [0.717, 1.165) is 17.1 Å². The van der Waals surface area contributed by atoms with Gasteiger partial charge in [-0.05, 0) is 25.5 Å². The van der Waals surface area contributed by atoms with Crippen LogP contribution >= 0.6 is 36.2 Å². The van der Waals surface area contributed by atoms with E-state index in [2.05, 4.69) is 34.6 Å². The van der Waals surface area contributed by atoms with E-state index in [9.17, 15) is 0 Å². The summed E-state index contributed by atoms with van der Waals surface area (Å²) in [6.45, 7) is 2.73. The molecule has 0 fully saturated rings. The van der Waals surface area contributed by atoms with Crippen LogP contribution in [0.5, 0.6) is 0 Å². The highest BCUT2D eigenvalue weighted by atomic mass is 35.5. The smallest absolute Gasteiger partial charge is 0.0901 e. The van der Waals surface area contributed by atoms with Gasteiger partial charge in [-0.15, -0.1) is 36.2 Å². The highest BCUT2D eigenvalue weighted by Crippen LogP contribution is 2.21. The number of nitrogens with two attached hydrogens (primary N) is 1. The van der Waals surface area contributed by atoms with Crippen molar-refractivity contribution in [3.63, 3.8) is 0 Å². The van der Waals surface area contributed by atoms with Gasteiger partial charge in [0.15, 0.2) is 0 Å². The van der Waals surface area contributed by atoms with E-state index in [1.807, 2.05) is 6.92 Å². The molecule has 0 bridgehead atoms. The summed E-state index contributed by atoms with van der Waals surface area (Å²) in [6, 6.07) is 8.46. The molecule has 2 aromatic rings.